The van der Waals surface area contributed by atoms with Crippen molar-refractivity contribution in [3.63, 3.8) is 0 Å². The molecule has 0 amide bonds. The van der Waals surface area contributed by atoms with Crippen molar-refractivity contribution in [2.45, 2.75) is 25.7 Å². The summed E-state index contributed by atoms with van der Waals surface area (Å²) in [6.45, 7) is 4.75. The Hall–Kier alpha value is -6.12. The second-order valence-electron chi connectivity index (χ2n) is 14.2. The number of hydrogen-bond acceptors (Lipinski definition) is 2. The molecule has 6 aromatic carbocycles. The first kappa shape index (κ1) is 28.9. The Morgan fingerprint density at radius 1 is 0.460 bits per heavy atom. The molecule has 0 bridgehead atoms. The molecule has 0 saturated heterocycles. The second kappa shape index (κ2) is 10.9. The summed E-state index contributed by atoms with van der Waals surface area (Å²) >= 11 is 0. The quantitative estimate of drug-likeness (QED) is 0.179. The minimum absolute atomic E-state index is 0.117. The lowest BCUT2D eigenvalue weighted by molar-refractivity contribution is 0.661. The Morgan fingerprint density at radius 2 is 1.00 bits per heavy atom. The maximum Gasteiger partial charge on any atom is 0.0273 e. The predicted octanol–water partition coefficient (Wildman–Crippen LogP) is 12.3. The number of allylic oxidation sites excluding steroid dienone is 1. The molecule has 8 aromatic rings. The van der Waals surface area contributed by atoms with E-state index in [4.69, 9.17) is 0 Å². The van der Waals surface area contributed by atoms with Crippen molar-refractivity contribution in [3.8, 4) is 55.6 Å². The Morgan fingerprint density at radius 3 is 1.72 bits per heavy atom. The second-order valence-corrected chi connectivity index (χ2v) is 14.2. The number of nitrogens with zero attached hydrogens (tertiary/aromatic N) is 2. The molecule has 2 aliphatic carbocycles. The molecule has 50 heavy (non-hydrogen) atoms. The Balaban J connectivity index is 1.11. The van der Waals surface area contributed by atoms with E-state index in [0.717, 1.165) is 6.42 Å². The highest BCUT2D eigenvalue weighted by Crippen LogP contribution is 2.51. The van der Waals surface area contributed by atoms with Crippen LogP contribution in [0.15, 0.2) is 152 Å². The number of hydrogen-bond donors (Lipinski definition) is 0. The Kier molecular flexibility index (Phi) is 6.32. The van der Waals surface area contributed by atoms with Crippen LogP contribution in [0.25, 0.3) is 83.3 Å². The fourth-order valence-corrected chi connectivity index (χ4v) is 8.53. The van der Waals surface area contributed by atoms with Gasteiger partial charge in [0.1, 0.15) is 0 Å². The maximum atomic E-state index is 4.23. The molecule has 0 fully saturated rings. The summed E-state index contributed by atoms with van der Waals surface area (Å²) in [6.07, 6.45) is 13.0. The summed E-state index contributed by atoms with van der Waals surface area (Å²) < 4.78 is 0. The van der Waals surface area contributed by atoms with Crippen LogP contribution < -0.4 is 0 Å². The molecule has 2 aliphatic rings. The van der Waals surface area contributed by atoms with Crippen LogP contribution in [0.4, 0.5) is 0 Å². The molecule has 0 saturated carbocycles. The fraction of sp³-hybridized carbons (Fsp3) is 0.0833. The monoisotopic (exact) mass is 638 g/mol. The van der Waals surface area contributed by atoms with E-state index in [1.54, 1.807) is 0 Å². The van der Waals surface area contributed by atoms with E-state index in [1.165, 1.54) is 99.4 Å². The highest BCUT2D eigenvalue weighted by Gasteiger charge is 2.36. The van der Waals surface area contributed by atoms with Crippen molar-refractivity contribution >= 4 is 27.6 Å². The molecule has 2 nitrogen and oxygen atoms in total. The highest BCUT2D eigenvalue weighted by atomic mass is 14.6. The van der Waals surface area contributed by atoms with E-state index in [0.29, 0.717) is 0 Å². The van der Waals surface area contributed by atoms with Gasteiger partial charge in [-0.2, -0.15) is 0 Å². The van der Waals surface area contributed by atoms with Gasteiger partial charge >= 0.3 is 0 Å². The summed E-state index contributed by atoms with van der Waals surface area (Å²) in [6, 6.07) is 45.3. The zero-order valence-corrected chi connectivity index (χ0v) is 28.1. The number of aromatic nitrogens is 2. The van der Waals surface area contributed by atoms with Crippen molar-refractivity contribution < 1.29 is 0 Å². The third kappa shape index (κ3) is 4.35. The largest absolute Gasteiger partial charge is 0.265 e. The third-order valence-corrected chi connectivity index (χ3v) is 11.1. The molecular formula is C48H34N2. The van der Waals surface area contributed by atoms with Gasteiger partial charge in [0.05, 0.1) is 0 Å². The molecule has 2 heterocycles. The van der Waals surface area contributed by atoms with Gasteiger partial charge in [0, 0.05) is 30.2 Å². The van der Waals surface area contributed by atoms with Gasteiger partial charge in [0.2, 0.25) is 0 Å². The molecule has 0 N–H and O–H groups in total. The molecule has 0 radical (unpaired) electrons. The van der Waals surface area contributed by atoms with Gasteiger partial charge in [-0.3, -0.25) is 9.97 Å². The first-order valence-corrected chi connectivity index (χ1v) is 17.4. The van der Waals surface area contributed by atoms with Crippen molar-refractivity contribution in [1.82, 2.24) is 9.97 Å². The smallest absolute Gasteiger partial charge is 0.0273 e. The lowest BCUT2D eigenvalue weighted by Gasteiger charge is -2.23. The van der Waals surface area contributed by atoms with E-state index in [1.807, 2.05) is 24.8 Å². The molecular weight excluding hydrogens is 605 g/mol. The molecule has 0 atom stereocenters. The van der Waals surface area contributed by atoms with Gasteiger partial charge < -0.3 is 0 Å². The average Bonchev–Trinajstić information content (AvgIpc) is 3.27. The SMILES string of the molecule is CC1(C)c2cc(-c3ccncc3)ccc2-c2ccc(-c3ccc4c5c3ccc3ccc(-c6ccc(-c7ccncc7)cc6)c(c35)C=CC4)cc21. The maximum absolute atomic E-state index is 4.23. The normalized spacial score (nSPS) is 13.8. The van der Waals surface area contributed by atoms with Crippen LogP contribution in [0.3, 0.4) is 0 Å². The fourth-order valence-electron chi connectivity index (χ4n) is 8.53. The van der Waals surface area contributed by atoms with E-state index < -0.39 is 0 Å². The lowest BCUT2D eigenvalue weighted by Crippen LogP contribution is -2.15. The van der Waals surface area contributed by atoms with Crippen LogP contribution in [0, 0.1) is 0 Å². The Bertz CT molecular complexity index is 2670. The molecule has 0 aliphatic heterocycles. The topological polar surface area (TPSA) is 25.8 Å². The standard InChI is InChI=1S/C48H34N2/c1-48(2)44-28-36(32-22-26-50-27-23-32)13-17-40(44)41-18-14-37(29-45(41)48)39-16-10-34-4-3-5-42-38(15-11-35-12-19-43(39)46(34)47(35)42)33-8-6-30(7-9-33)31-20-24-49-25-21-31/h3,5-29H,4H2,1-2H3. The van der Waals surface area contributed by atoms with Gasteiger partial charge in [-0.1, -0.05) is 111 Å². The van der Waals surface area contributed by atoms with Crippen molar-refractivity contribution in [1.29, 1.82) is 0 Å². The average molecular weight is 639 g/mol. The Labute approximate surface area is 292 Å². The zero-order valence-electron chi connectivity index (χ0n) is 28.1. The lowest BCUT2D eigenvalue weighted by atomic mass is 9.80. The first-order chi connectivity index (χ1) is 24.5. The summed E-state index contributed by atoms with van der Waals surface area (Å²) in [7, 11) is 0. The van der Waals surface area contributed by atoms with E-state index in [2.05, 4.69) is 157 Å². The summed E-state index contributed by atoms with van der Waals surface area (Å²) in [4.78, 5) is 8.41. The summed E-state index contributed by atoms with van der Waals surface area (Å²) in [5.41, 5.74) is 17.9. The highest BCUT2D eigenvalue weighted by molar-refractivity contribution is 6.18. The van der Waals surface area contributed by atoms with Gasteiger partial charge in [-0.05, 0) is 142 Å². The van der Waals surface area contributed by atoms with E-state index in [9.17, 15) is 0 Å². The van der Waals surface area contributed by atoms with Crippen LogP contribution in [0.5, 0.6) is 0 Å². The van der Waals surface area contributed by atoms with Gasteiger partial charge in [-0.15, -0.1) is 0 Å². The molecule has 2 aromatic heterocycles. The van der Waals surface area contributed by atoms with Crippen molar-refractivity contribution in [3.05, 3.63) is 174 Å². The molecule has 2 heteroatoms. The van der Waals surface area contributed by atoms with Crippen LogP contribution in [0.1, 0.15) is 36.1 Å². The van der Waals surface area contributed by atoms with Crippen molar-refractivity contribution in [2.75, 3.05) is 0 Å². The van der Waals surface area contributed by atoms with E-state index >= 15 is 0 Å². The molecule has 10 rings (SSSR count). The minimum atomic E-state index is -0.117. The van der Waals surface area contributed by atoms with Crippen LogP contribution in [-0.2, 0) is 11.8 Å². The molecule has 0 unspecified atom stereocenters. The number of benzene rings is 6. The predicted molar refractivity (Wildman–Crippen MR) is 209 cm³/mol. The minimum Gasteiger partial charge on any atom is -0.265 e. The van der Waals surface area contributed by atoms with Crippen LogP contribution in [-0.4, -0.2) is 9.97 Å². The van der Waals surface area contributed by atoms with Crippen LogP contribution >= 0.6 is 0 Å². The number of pyridine rings is 2. The third-order valence-electron chi connectivity index (χ3n) is 11.1. The van der Waals surface area contributed by atoms with Gasteiger partial charge in [0.25, 0.3) is 0 Å². The molecule has 236 valence electrons. The molecule has 0 spiro atoms. The summed E-state index contributed by atoms with van der Waals surface area (Å²) in [5, 5.41) is 5.32. The number of fused-ring (bicyclic) bond motifs is 3. The van der Waals surface area contributed by atoms with Crippen molar-refractivity contribution in [2.24, 2.45) is 0 Å². The van der Waals surface area contributed by atoms with Crippen LogP contribution in [0.2, 0.25) is 0 Å². The summed E-state index contributed by atoms with van der Waals surface area (Å²) in [5.74, 6) is 0. The van der Waals surface area contributed by atoms with Gasteiger partial charge in [-0.25, -0.2) is 0 Å². The first-order valence-electron chi connectivity index (χ1n) is 17.4. The number of rotatable bonds is 4. The van der Waals surface area contributed by atoms with Gasteiger partial charge in [0.15, 0.2) is 0 Å². The zero-order chi connectivity index (χ0) is 33.4. The van der Waals surface area contributed by atoms with E-state index in [-0.39, 0.29) is 5.41 Å².